The maximum absolute atomic E-state index is 5.71. The molecule has 1 N–H and O–H groups in total. The van der Waals surface area contributed by atoms with Gasteiger partial charge in [-0.3, -0.25) is 4.99 Å². The highest BCUT2D eigenvalue weighted by Crippen LogP contribution is 2.21. The number of ether oxygens (including phenoxy) is 1. The molecule has 0 amide bonds. The van der Waals surface area contributed by atoms with Gasteiger partial charge in [0.25, 0.3) is 0 Å². The molecule has 1 aromatic carbocycles. The molecule has 1 unspecified atom stereocenters. The highest BCUT2D eigenvalue weighted by atomic mass is 127. The molecular formula is C17H29IN4O. The molecule has 5 nitrogen and oxygen atoms in total. The fourth-order valence-electron chi connectivity index (χ4n) is 2.55. The molecule has 0 bridgehead atoms. The summed E-state index contributed by atoms with van der Waals surface area (Å²) >= 11 is 0. The number of nitrogens with zero attached hydrogens (tertiary/aromatic N) is 3. The molecule has 0 saturated carbocycles. The Hall–Kier alpha value is -1.02. The zero-order valence-corrected chi connectivity index (χ0v) is 17.1. The normalized spacial score (nSPS) is 15.4. The second kappa shape index (κ2) is 9.32. The molecule has 0 radical (unpaired) electrons. The topological polar surface area (TPSA) is 40.1 Å². The second-order valence-electron chi connectivity index (χ2n) is 6.22. The average molecular weight is 432 g/mol. The van der Waals surface area contributed by atoms with Crippen molar-refractivity contribution in [3.8, 4) is 5.75 Å². The maximum atomic E-state index is 5.71. The first kappa shape index (κ1) is 20.0. The highest BCUT2D eigenvalue weighted by molar-refractivity contribution is 14.0. The van der Waals surface area contributed by atoms with Gasteiger partial charge in [0.1, 0.15) is 5.75 Å². The lowest BCUT2D eigenvalue weighted by Crippen LogP contribution is -2.40. The van der Waals surface area contributed by atoms with Gasteiger partial charge in [0.2, 0.25) is 0 Å². The van der Waals surface area contributed by atoms with Crippen molar-refractivity contribution in [3.63, 3.8) is 0 Å². The summed E-state index contributed by atoms with van der Waals surface area (Å²) in [6.45, 7) is 6.79. The van der Waals surface area contributed by atoms with E-state index >= 15 is 0 Å². The largest absolute Gasteiger partial charge is 0.491 e. The summed E-state index contributed by atoms with van der Waals surface area (Å²) in [5.41, 5.74) is 1.27. The predicted octanol–water partition coefficient (Wildman–Crippen LogP) is 2.59. The van der Waals surface area contributed by atoms with E-state index in [2.05, 4.69) is 53.4 Å². The third-order valence-electron chi connectivity index (χ3n) is 3.77. The van der Waals surface area contributed by atoms with Crippen molar-refractivity contribution < 1.29 is 4.74 Å². The molecule has 6 heteroatoms. The van der Waals surface area contributed by atoms with Crippen LogP contribution in [0.5, 0.6) is 5.75 Å². The minimum absolute atomic E-state index is 0. The standard InChI is InChI=1S/C17H28N4O.HI/c1-13(2)22-15-8-6-14(7-9-15)16(20(3)4)12-19-17-18-10-11-21(17)5;/h6-9,13,16H,10-12H2,1-5H3,(H,18,19);1H. The highest BCUT2D eigenvalue weighted by Gasteiger charge is 2.17. The van der Waals surface area contributed by atoms with Crippen molar-refractivity contribution in [2.45, 2.75) is 26.0 Å². The van der Waals surface area contributed by atoms with Gasteiger partial charge in [0, 0.05) is 20.1 Å². The molecule has 1 aliphatic rings. The van der Waals surface area contributed by atoms with E-state index in [0.717, 1.165) is 31.3 Å². The van der Waals surface area contributed by atoms with E-state index in [1.54, 1.807) is 0 Å². The summed E-state index contributed by atoms with van der Waals surface area (Å²) < 4.78 is 5.71. The van der Waals surface area contributed by atoms with Crippen molar-refractivity contribution in [1.82, 2.24) is 15.1 Å². The second-order valence-corrected chi connectivity index (χ2v) is 6.22. The van der Waals surface area contributed by atoms with Crippen LogP contribution in [-0.4, -0.2) is 62.6 Å². The van der Waals surface area contributed by atoms with Crippen molar-refractivity contribution in [1.29, 1.82) is 0 Å². The Balaban J connectivity index is 0.00000264. The quantitative estimate of drug-likeness (QED) is 0.702. The minimum Gasteiger partial charge on any atom is -0.491 e. The first-order valence-corrected chi connectivity index (χ1v) is 7.90. The number of hydrogen-bond donors (Lipinski definition) is 1. The van der Waals surface area contributed by atoms with Gasteiger partial charge >= 0.3 is 0 Å². The lowest BCUT2D eigenvalue weighted by Gasteiger charge is -2.27. The molecule has 0 spiro atoms. The van der Waals surface area contributed by atoms with E-state index in [9.17, 15) is 0 Å². The van der Waals surface area contributed by atoms with E-state index in [-0.39, 0.29) is 30.1 Å². The number of guanidine groups is 1. The zero-order chi connectivity index (χ0) is 16.1. The molecule has 1 aliphatic heterocycles. The van der Waals surface area contributed by atoms with Crippen LogP contribution in [0.3, 0.4) is 0 Å². The van der Waals surface area contributed by atoms with Crippen molar-refractivity contribution in [3.05, 3.63) is 29.8 Å². The van der Waals surface area contributed by atoms with Crippen LogP contribution < -0.4 is 10.1 Å². The van der Waals surface area contributed by atoms with Crippen LogP contribution in [0.25, 0.3) is 0 Å². The Morgan fingerprint density at radius 2 is 1.91 bits per heavy atom. The van der Waals surface area contributed by atoms with E-state index in [1.165, 1.54) is 5.56 Å². The average Bonchev–Trinajstić information content (AvgIpc) is 2.85. The predicted molar refractivity (Wildman–Crippen MR) is 107 cm³/mol. The van der Waals surface area contributed by atoms with E-state index in [4.69, 9.17) is 4.74 Å². The zero-order valence-electron chi connectivity index (χ0n) is 14.7. The minimum atomic E-state index is 0. The lowest BCUT2D eigenvalue weighted by atomic mass is 10.1. The molecule has 0 aliphatic carbocycles. The van der Waals surface area contributed by atoms with Crippen molar-refractivity contribution >= 4 is 29.9 Å². The van der Waals surface area contributed by atoms with Gasteiger partial charge in [-0.25, -0.2) is 0 Å². The van der Waals surface area contributed by atoms with E-state index in [1.807, 2.05) is 26.0 Å². The van der Waals surface area contributed by atoms with Gasteiger partial charge in [0.15, 0.2) is 5.96 Å². The molecule has 1 aromatic rings. The molecular weight excluding hydrogens is 403 g/mol. The van der Waals surface area contributed by atoms with Crippen LogP contribution in [0.2, 0.25) is 0 Å². The third-order valence-corrected chi connectivity index (χ3v) is 3.77. The Morgan fingerprint density at radius 1 is 1.26 bits per heavy atom. The molecule has 130 valence electrons. The summed E-state index contributed by atoms with van der Waals surface area (Å²) in [7, 11) is 6.28. The van der Waals surface area contributed by atoms with Gasteiger partial charge in [-0.2, -0.15) is 0 Å². The molecule has 0 fully saturated rings. The summed E-state index contributed by atoms with van der Waals surface area (Å²) in [4.78, 5) is 8.86. The van der Waals surface area contributed by atoms with Crippen LogP contribution in [0.15, 0.2) is 29.3 Å². The van der Waals surface area contributed by atoms with E-state index in [0.29, 0.717) is 6.04 Å². The molecule has 0 aromatic heterocycles. The van der Waals surface area contributed by atoms with Gasteiger partial charge in [-0.1, -0.05) is 12.1 Å². The van der Waals surface area contributed by atoms with Gasteiger partial charge in [-0.15, -0.1) is 24.0 Å². The number of rotatable bonds is 6. The molecule has 0 saturated heterocycles. The van der Waals surface area contributed by atoms with Crippen LogP contribution in [0, 0.1) is 0 Å². The third kappa shape index (κ3) is 5.84. The number of benzene rings is 1. The van der Waals surface area contributed by atoms with Crippen LogP contribution in [-0.2, 0) is 0 Å². The smallest absolute Gasteiger partial charge is 0.193 e. The van der Waals surface area contributed by atoms with Crippen LogP contribution >= 0.6 is 24.0 Å². The number of aliphatic imine (C=N–C) groups is 1. The SMILES string of the molecule is CC(C)Oc1ccc(C(CNC2=NCCN2C)N(C)C)cc1.I. The number of likely N-dealkylation sites (N-methyl/N-ethyl adjacent to an activating group) is 2. The van der Waals surface area contributed by atoms with E-state index < -0.39 is 0 Å². The fraction of sp³-hybridized carbons (Fsp3) is 0.588. The summed E-state index contributed by atoms with van der Waals surface area (Å²) in [6.07, 6.45) is 0.202. The van der Waals surface area contributed by atoms with Gasteiger partial charge in [0.05, 0.1) is 18.7 Å². The Labute approximate surface area is 157 Å². The van der Waals surface area contributed by atoms with Crippen molar-refractivity contribution in [2.24, 2.45) is 4.99 Å². The first-order chi connectivity index (χ1) is 10.5. The number of hydrogen-bond acceptors (Lipinski definition) is 5. The summed E-state index contributed by atoms with van der Waals surface area (Å²) in [5.74, 6) is 1.91. The van der Waals surface area contributed by atoms with Crippen molar-refractivity contribution in [2.75, 3.05) is 40.8 Å². The number of halogens is 1. The first-order valence-electron chi connectivity index (χ1n) is 7.90. The molecule has 23 heavy (non-hydrogen) atoms. The Kier molecular flexibility index (Phi) is 8.11. The molecule has 2 rings (SSSR count). The van der Waals surface area contributed by atoms with Gasteiger partial charge < -0.3 is 19.9 Å². The van der Waals surface area contributed by atoms with Gasteiger partial charge in [-0.05, 0) is 45.6 Å². The number of nitrogens with one attached hydrogen (secondary N) is 1. The summed E-state index contributed by atoms with van der Waals surface area (Å²) in [5, 5.41) is 3.46. The monoisotopic (exact) mass is 432 g/mol. The molecule has 1 atom stereocenters. The molecule has 1 heterocycles. The summed E-state index contributed by atoms with van der Waals surface area (Å²) in [6, 6.07) is 8.68. The van der Waals surface area contributed by atoms with Crippen LogP contribution in [0.1, 0.15) is 25.5 Å². The Bertz CT molecular complexity index is 502. The maximum Gasteiger partial charge on any atom is 0.193 e. The Morgan fingerprint density at radius 3 is 2.39 bits per heavy atom. The van der Waals surface area contributed by atoms with Crippen LogP contribution in [0.4, 0.5) is 0 Å². The fourth-order valence-corrected chi connectivity index (χ4v) is 2.55. The lowest BCUT2D eigenvalue weighted by molar-refractivity contribution is 0.242.